The number of fused-ring (bicyclic) bond motifs is 1. The molecule has 1 N–H and O–H groups in total. The highest BCUT2D eigenvalue weighted by molar-refractivity contribution is 5.91. The maximum Gasteiger partial charge on any atom is 0.490 e. The molecular weight excluding hydrogens is 367 g/mol. The number of rotatable bonds is 3. The second-order valence-corrected chi connectivity index (χ2v) is 7.40. The number of aromatic nitrogens is 1. The number of piperidine rings is 1. The Morgan fingerprint density at radius 2 is 1.85 bits per heavy atom. The van der Waals surface area contributed by atoms with Crippen molar-refractivity contribution >= 4 is 11.9 Å². The molecule has 1 aromatic rings. The van der Waals surface area contributed by atoms with Crippen LogP contribution in [0, 0.1) is 17.8 Å². The van der Waals surface area contributed by atoms with E-state index in [-0.39, 0.29) is 5.91 Å². The van der Waals surface area contributed by atoms with Crippen molar-refractivity contribution in [3.8, 4) is 0 Å². The van der Waals surface area contributed by atoms with E-state index in [1.807, 2.05) is 4.90 Å². The van der Waals surface area contributed by atoms with E-state index in [4.69, 9.17) is 14.4 Å². The zero-order valence-electron chi connectivity index (χ0n) is 14.7. The third kappa shape index (κ3) is 5.21. The van der Waals surface area contributed by atoms with E-state index in [2.05, 4.69) is 10.1 Å². The van der Waals surface area contributed by atoms with E-state index >= 15 is 0 Å². The number of hydrogen-bond donors (Lipinski definition) is 1. The van der Waals surface area contributed by atoms with Gasteiger partial charge in [0.15, 0.2) is 0 Å². The van der Waals surface area contributed by atoms with Crippen molar-refractivity contribution < 1.29 is 32.4 Å². The van der Waals surface area contributed by atoms with Crippen LogP contribution in [0.3, 0.4) is 0 Å². The number of amides is 1. The largest absolute Gasteiger partial charge is 0.490 e. The summed E-state index contributed by atoms with van der Waals surface area (Å²) in [5, 5.41) is 10.8. The van der Waals surface area contributed by atoms with E-state index in [0.29, 0.717) is 17.6 Å². The number of hydrogen-bond acceptors (Lipinski definition) is 5. The van der Waals surface area contributed by atoms with Gasteiger partial charge in [-0.15, -0.1) is 0 Å². The number of carbonyl (C=O) groups excluding carboxylic acids is 1. The Balaban J connectivity index is 0.000000260. The molecule has 1 saturated carbocycles. The molecule has 150 valence electrons. The van der Waals surface area contributed by atoms with Crippen molar-refractivity contribution in [2.45, 2.75) is 25.4 Å². The summed E-state index contributed by atoms with van der Waals surface area (Å²) in [6.45, 7) is 5.43. The summed E-state index contributed by atoms with van der Waals surface area (Å²) in [6.07, 6.45) is 0.521. The Labute approximate surface area is 154 Å². The Hall–Kier alpha value is -2.10. The standard InChI is InChI=1S/C15H21N3O2.C2HF3O2/c19-15(14-3-5-16-20-14)18-9-12-4-6-17(7-11-1-2-11)8-13(12)10-18;3-2(4,5)1(6)7/h3,5,11-13H,1-2,4,6-10H2;(H,6,7)/t12-,13-;/m1./s1. The van der Waals surface area contributed by atoms with Gasteiger partial charge in [-0.2, -0.15) is 13.2 Å². The number of carbonyl (C=O) groups is 2. The zero-order valence-corrected chi connectivity index (χ0v) is 14.7. The predicted molar refractivity (Wildman–Crippen MR) is 86.9 cm³/mol. The number of carboxylic acids is 1. The maximum atomic E-state index is 12.3. The van der Waals surface area contributed by atoms with Crippen LogP contribution in [0.15, 0.2) is 16.8 Å². The first-order valence-electron chi connectivity index (χ1n) is 8.96. The molecule has 4 rings (SSSR count). The van der Waals surface area contributed by atoms with Crippen LogP contribution >= 0.6 is 0 Å². The van der Waals surface area contributed by atoms with E-state index in [1.54, 1.807) is 6.07 Å². The van der Waals surface area contributed by atoms with Gasteiger partial charge in [-0.25, -0.2) is 4.79 Å². The van der Waals surface area contributed by atoms with Gasteiger partial charge in [0.1, 0.15) is 0 Å². The molecule has 2 atom stereocenters. The minimum absolute atomic E-state index is 0.00522. The van der Waals surface area contributed by atoms with Crippen molar-refractivity contribution in [1.82, 2.24) is 15.0 Å². The van der Waals surface area contributed by atoms with Gasteiger partial charge >= 0.3 is 12.1 Å². The molecule has 3 heterocycles. The molecule has 1 aromatic heterocycles. The lowest BCUT2D eigenvalue weighted by Crippen LogP contribution is -2.40. The average Bonchev–Trinajstić information content (AvgIpc) is 3.11. The highest BCUT2D eigenvalue weighted by atomic mass is 19.4. The summed E-state index contributed by atoms with van der Waals surface area (Å²) >= 11 is 0. The Morgan fingerprint density at radius 1 is 1.19 bits per heavy atom. The quantitative estimate of drug-likeness (QED) is 0.852. The molecule has 1 amide bonds. The van der Waals surface area contributed by atoms with Crippen molar-refractivity contribution in [1.29, 1.82) is 0 Å². The van der Waals surface area contributed by atoms with E-state index in [1.165, 1.54) is 45.1 Å². The molecule has 2 saturated heterocycles. The van der Waals surface area contributed by atoms with Crippen molar-refractivity contribution in [3.63, 3.8) is 0 Å². The number of aliphatic carboxylic acids is 1. The van der Waals surface area contributed by atoms with Crippen LogP contribution in [-0.2, 0) is 4.79 Å². The van der Waals surface area contributed by atoms with Gasteiger partial charge in [0.25, 0.3) is 5.91 Å². The lowest BCUT2D eigenvalue weighted by atomic mass is 9.88. The SMILES string of the molecule is O=C(O)C(F)(F)F.O=C(c1ccno1)N1C[C@H]2CCN(CC3CC3)C[C@@H]2C1. The van der Waals surface area contributed by atoms with E-state index < -0.39 is 12.1 Å². The van der Waals surface area contributed by atoms with E-state index in [9.17, 15) is 18.0 Å². The molecule has 10 heteroatoms. The molecule has 1 aliphatic carbocycles. The normalized spacial score (nSPS) is 25.5. The van der Waals surface area contributed by atoms with Crippen LogP contribution < -0.4 is 0 Å². The first-order valence-corrected chi connectivity index (χ1v) is 8.96. The summed E-state index contributed by atoms with van der Waals surface area (Å²) in [6, 6.07) is 1.66. The molecule has 0 bridgehead atoms. The first kappa shape index (κ1) is 19.7. The second-order valence-electron chi connectivity index (χ2n) is 7.40. The number of carboxylic acid groups (broad SMARTS) is 1. The van der Waals surface area contributed by atoms with Crippen molar-refractivity contribution in [2.75, 3.05) is 32.7 Å². The summed E-state index contributed by atoms with van der Waals surface area (Å²) < 4.78 is 36.7. The summed E-state index contributed by atoms with van der Waals surface area (Å²) in [5.74, 6) is -0.0943. The Kier molecular flexibility index (Phi) is 5.73. The molecule has 0 unspecified atom stereocenters. The van der Waals surface area contributed by atoms with E-state index in [0.717, 1.165) is 19.0 Å². The van der Waals surface area contributed by atoms with Gasteiger partial charge in [-0.05, 0) is 43.6 Å². The summed E-state index contributed by atoms with van der Waals surface area (Å²) in [4.78, 5) is 25.8. The fourth-order valence-electron chi connectivity index (χ4n) is 3.72. The topological polar surface area (TPSA) is 86.9 Å². The van der Waals surface area contributed by atoms with Gasteiger partial charge in [0, 0.05) is 32.2 Å². The Morgan fingerprint density at radius 3 is 2.41 bits per heavy atom. The second kappa shape index (κ2) is 7.87. The monoisotopic (exact) mass is 389 g/mol. The highest BCUT2D eigenvalue weighted by Crippen LogP contribution is 2.35. The van der Waals surface area contributed by atoms with Crippen LogP contribution in [0.5, 0.6) is 0 Å². The minimum Gasteiger partial charge on any atom is -0.475 e. The average molecular weight is 389 g/mol. The summed E-state index contributed by atoms with van der Waals surface area (Å²) in [5.41, 5.74) is 0. The van der Waals surface area contributed by atoms with Gasteiger partial charge in [0.2, 0.25) is 5.76 Å². The van der Waals surface area contributed by atoms with Crippen molar-refractivity contribution in [3.05, 3.63) is 18.0 Å². The first-order chi connectivity index (χ1) is 12.7. The fraction of sp³-hybridized carbons (Fsp3) is 0.706. The number of halogens is 3. The molecule has 27 heavy (non-hydrogen) atoms. The third-order valence-corrected chi connectivity index (χ3v) is 5.28. The minimum atomic E-state index is -5.08. The van der Waals surface area contributed by atoms with Crippen LogP contribution in [0.2, 0.25) is 0 Å². The lowest BCUT2D eigenvalue weighted by molar-refractivity contribution is -0.192. The molecular formula is C17H22F3N3O4. The van der Waals surface area contributed by atoms with Crippen LogP contribution in [0.1, 0.15) is 29.8 Å². The molecule has 3 fully saturated rings. The van der Waals surface area contributed by atoms with Crippen LogP contribution in [-0.4, -0.2) is 70.8 Å². The Bertz CT molecular complexity index is 661. The highest BCUT2D eigenvalue weighted by Gasteiger charge is 2.40. The number of likely N-dealkylation sites (tertiary alicyclic amines) is 2. The molecule has 0 spiro atoms. The number of alkyl halides is 3. The summed E-state index contributed by atoms with van der Waals surface area (Å²) in [7, 11) is 0. The molecule has 2 aliphatic heterocycles. The predicted octanol–water partition coefficient (Wildman–Crippen LogP) is 2.11. The van der Waals surface area contributed by atoms with Gasteiger partial charge in [-0.3, -0.25) is 4.79 Å². The number of nitrogens with zero attached hydrogens (tertiary/aromatic N) is 3. The van der Waals surface area contributed by atoms with Gasteiger partial charge in [0.05, 0.1) is 6.20 Å². The maximum absolute atomic E-state index is 12.3. The lowest BCUT2D eigenvalue weighted by Gasteiger charge is -2.34. The van der Waals surface area contributed by atoms with Crippen LogP contribution in [0.4, 0.5) is 13.2 Å². The molecule has 0 aromatic carbocycles. The van der Waals surface area contributed by atoms with Gasteiger partial charge < -0.3 is 19.4 Å². The zero-order chi connectivity index (χ0) is 19.6. The third-order valence-electron chi connectivity index (χ3n) is 5.28. The molecule has 0 radical (unpaired) electrons. The molecule has 7 nitrogen and oxygen atoms in total. The van der Waals surface area contributed by atoms with Crippen molar-refractivity contribution in [2.24, 2.45) is 17.8 Å². The van der Waals surface area contributed by atoms with Crippen LogP contribution in [0.25, 0.3) is 0 Å². The smallest absolute Gasteiger partial charge is 0.475 e. The molecule has 3 aliphatic rings. The van der Waals surface area contributed by atoms with Gasteiger partial charge in [-0.1, -0.05) is 5.16 Å². The fourth-order valence-corrected chi connectivity index (χ4v) is 3.72.